The Kier molecular flexibility index (Phi) is 7.18. The lowest BCUT2D eigenvalue weighted by Crippen LogP contribution is -2.44. The molecule has 0 saturated heterocycles. The van der Waals surface area contributed by atoms with Crippen LogP contribution in [0.25, 0.3) is 0 Å². The second-order valence-corrected chi connectivity index (χ2v) is 6.39. The number of ether oxygens (including phenoxy) is 1. The van der Waals surface area contributed by atoms with Crippen molar-refractivity contribution in [1.82, 2.24) is 5.32 Å². The van der Waals surface area contributed by atoms with Crippen molar-refractivity contribution < 1.29 is 9.84 Å². The van der Waals surface area contributed by atoms with Gasteiger partial charge in [0.2, 0.25) is 0 Å². The molecule has 0 aromatic heterocycles. The predicted molar refractivity (Wildman–Crippen MR) is 100 cm³/mol. The van der Waals surface area contributed by atoms with Crippen LogP contribution < -0.4 is 15.4 Å². The maximum Gasteiger partial charge on any atom is 0.176 e. The second-order valence-electron chi connectivity index (χ2n) is 5.57. The third-order valence-electron chi connectivity index (χ3n) is 3.43. The maximum atomic E-state index is 9.90. The SMILES string of the molecule is Cc1cccc(OC(NCCNc2c(Cl)cccc2Cl)C(C)O)c1. The molecule has 2 atom stereocenters. The van der Waals surface area contributed by atoms with Crippen LogP contribution in [-0.4, -0.2) is 30.5 Å². The summed E-state index contributed by atoms with van der Waals surface area (Å²) in [5.41, 5.74) is 1.81. The van der Waals surface area contributed by atoms with Crippen molar-refractivity contribution in [3.8, 4) is 5.75 Å². The van der Waals surface area contributed by atoms with E-state index in [2.05, 4.69) is 10.6 Å². The summed E-state index contributed by atoms with van der Waals surface area (Å²) in [6.45, 7) is 4.84. The molecule has 0 fully saturated rings. The lowest BCUT2D eigenvalue weighted by Gasteiger charge is -2.23. The van der Waals surface area contributed by atoms with E-state index in [0.717, 1.165) is 11.3 Å². The van der Waals surface area contributed by atoms with Gasteiger partial charge in [-0.25, -0.2) is 0 Å². The highest BCUT2D eigenvalue weighted by Crippen LogP contribution is 2.29. The first-order valence-corrected chi connectivity index (χ1v) is 8.55. The van der Waals surface area contributed by atoms with Gasteiger partial charge in [0.25, 0.3) is 0 Å². The summed E-state index contributed by atoms with van der Waals surface area (Å²) in [5, 5.41) is 17.4. The van der Waals surface area contributed by atoms with Gasteiger partial charge in [-0.05, 0) is 43.7 Å². The van der Waals surface area contributed by atoms with Crippen LogP contribution in [0, 0.1) is 6.92 Å². The van der Waals surface area contributed by atoms with Gasteiger partial charge in [-0.3, -0.25) is 5.32 Å². The van der Waals surface area contributed by atoms with E-state index in [-0.39, 0.29) is 0 Å². The fourth-order valence-electron chi connectivity index (χ4n) is 2.21. The van der Waals surface area contributed by atoms with Crippen LogP contribution in [-0.2, 0) is 0 Å². The Morgan fingerprint density at radius 3 is 2.38 bits per heavy atom. The molecule has 3 N–H and O–H groups in total. The minimum absolute atomic E-state index is 0.504. The first-order chi connectivity index (χ1) is 11.5. The van der Waals surface area contributed by atoms with Crippen molar-refractivity contribution in [2.24, 2.45) is 0 Å². The quantitative estimate of drug-likeness (QED) is 0.485. The molecule has 0 bridgehead atoms. The Morgan fingerprint density at radius 1 is 1.08 bits per heavy atom. The number of hydrogen-bond donors (Lipinski definition) is 3. The molecular formula is C18H22Cl2N2O2. The topological polar surface area (TPSA) is 53.5 Å². The number of nitrogens with one attached hydrogen (secondary N) is 2. The molecule has 2 aromatic carbocycles. The molecule has 2 aromatic rings. The van der Waals surface area contributed by atoms with Crippen LogP contribution in [0.1, 0.15) is 12.5 Å². The summed E-state index contributed by atoms with van der Waals surface area (Å²) >= 11 is 12.2. The number of aliphatic hydroxyl groups is 1. The molecule has 0 aliphatic heterocycles. The van der Waals surface area contributed by atoms with E-state index < -0.39 is 12.3 Å². The van der Waals surface area contributed by atoms with E-state index in [1.54, 1.807) is 25.1 Å². The summed E-state index contributed by atoms with van der Waals surface area (Å²) in [5.74, 6) is 0.718. The second kappa shape index (κ2) is 9.14. The first kappa shape index (κ1) is 18.9. The number of anilines is 1. The van der Waals surface area contributed by atoms with Gasteiger partial charge in [0.05, 0.1) is 15.7 Å². The van der Waals surface area contributed by atoms with Gasteiger partial charge in [-0.2, -0.15) is 0 Å². The van der Waals surface area contributed by atoms with Gasteiger partial charge in [0.1, 0.15) is 11.9 Å². The molecule has 0 amide bonds. The molecule has 0 heterocycles. The lowest BCUT2D eigenvalue weighted by atomic mass is 10.2. The van der Waals surface area contributed by atoms with Gasteiger partial charge in [0.15, 0.2) is 6.23 Å². The summed E-state index contributed by atoms with van der Waals surface area (Å²) in [6.07, 6.45) is -1.16. The van der Waals surface area contributed by atoms with Crippen LogP contribution in [0.15, 0.2) is 42.5 Å². The molecule has 6 heteroatoms. The van der Waals surface area contributed by atoms with E-state index in [4.69, 9.17) is 27.9 Å². The van der Waals surface area contributed by atoms with Gasteiger partial charge in [-0.1, -0.05) is 41.4 Å². The zero-order chi connectivity index (χ0) is 17.5. The number of aliphatic hydroxyl groups excluding tert-OH is 1. The van der Waals surface area contributed by atoms with Gasteiger partial charge in [-0.15, -0.1) is 0 Å². The fourth-order valence-corrected chi connectivity index (χ4v) is 2.75. The summed E-state index contributed by atoms with van der Waals surface area (Å²) in [4.78, 5) is 0. The highest BCUT2D eigenvalue weighted by atomic mass is 35.5. The van der Waals surface area contributed by atoms with E-state index >= 15 is 0 Å². The normalized spacial score (nSPS) is 13.4. The predicted octanol–water partition coefficient (Wildman–Crippen LogP) is 4.09. The third kappa shape index (κ3) is 5.56. The third-order valence-corrected chi connectivity index (χ3v) is 4.06. The van der Waals surface area contributed by atoms with E-state index in [0.29, 0.717) is 28.8 Å². The Bertz CT molecular complexity index is 645. The molecule has 130 valence electrons. The molecule has 0 aliphatic rings. The van der Waals surface area contributed by atoms with Crippen molar-refractivity contribution >= 4 is 28.9 Å². The van der Waals surface area contributed by atoms with Crippen molar-refractivity contribution in [3.63, 3.8) is 0 Å². The molecule has 0 aliphatic carbocycles. The zero-order valence-corrected chi connectivity index (χ0v) is 15.2. The van der Waals surface area contributed by atoms with Crippen LogP contribution in [0.5, 0.6) is 5.75 Å². The molecule has 4 nitrogen and oxygen atoms in total. The number of aryl methyl sites for hydroxylation is 1. The number of rotatable bonds is 8. The maximum absolute atomic E-state index is 9.90. The van der Waals surface area contributed by atoms with E-state index in [1.165, 1.54) is 0 Å². The first-order valence-electron chi connectivity index (χ1n) is 7.80. The Hall–Kier alpha value is -1.46. The number of benzene rings is 2. The minimum Gasteiger partial charge on any atom is -0.473 e. The smallest absolute Gasteiger partial charge is 0.176 e. The highest BCUT2D eigenvalue weighted by Gasteiger charge is 2.16. The fraction of sp³-hybridized carbons (Fsp3) is 0.333. The largest absolute Gasteiger partial charge is 0.473 e. The summed E-state index contributed by atoms with van der Waals surface area (Å²) in [7, 11) is 0. The van der Waals surface area contributed by atoms with Crippen molar-refractivity contribution in [2.45, 2.75) is 26.2 Å². The minimum atomic E-state index is -0.658. The Morgan fingerprint density at radius 2 is 1.75 bits per heavy atom. The molecule has 0 saturated carbocycles. The lowest BCUT2D eigenvalue weighted by molar-refractivity contribution is 0.0279. The summed E-state index contributed by atoms with van der Waals surface area (Å²) < 4.78 is 5.82. The number of para-hydroxylation sites is 1. The zero-order valence-electron chi connectivity index (χ0n) is 13.7. The molecule has 2 unspecified atom stereocenters. The number of hydrogen-bond acceptors (Lipinski definition) is 4. The van der Waals surface area contributed by atoms with Gasteiger partial charge in [0, 0.05) is 13.1 Å². The molecule has 2 rings (SSSR count). The molecule has 24 heavy (non-hydrogen) atoms. The average molecular weight is 369 g/mol. The molecular weight excluding hydrogens is 347 g/mol. The monoisotopic (exact) mass is 368 g/mol. The Labute approximate surface area is 152 Å². The number of halogens is 2. The molecule has 0 spiro atoms. The van der Waals surface area contributed by atoms with E-state index in [9.17, 15) is 5.11 Å². The summed E-state index contributed by atoms with van der Waals surface area (Å²) in [6, 6.07) is 13.1. The van der Waals surface area contributed by atoms with Crippen LogP contribution >= 0.6 is 23.2 Å². The van der Waals surface area contributed by atoms with Crippen LogP contribution in [0.4, 0.5) is 5.69 Å². The van der Waals surface area contributed by atoms with Gasteiger partial charge < -0.3 is 15.2 Å². The highest BCUT2D eigenvalue weighted by molar-refractivity contribution is 6.39. The van der Waals surface area contributed by atoms with Crippen LogP contribution in [0.2, 0.25) is 10.0 Å². The Balaban J connectivity index is 1.86. The van der Waals surface area contributed by atoms with Crippen LogP contribution in [0.3, 0.4) is 0 Å². The van der Waals surface area contributed by atoms with E-state index in [1.807, 2.05) is 31.2 Å². The molecule has 0 radical (unpaired) electrons. The van der Waals surface area contributed by atoms with Crippen molar-refractivity contribution in [1.29, 1.82) is 0 Å². The van der Waals surface area contributed by atoms with Gasteiger partial charge >= 0.3 is 0 Å². The van der Waals surface area contributed by atoms with Crippen molar-refractivity contribution in [3.05, 3.63) is 58.1 Å². The van der Waals surface area contributed by atoms with Crippen molar-refractivity contribution in [2.75, 3.05) is 18.4 Å². The average Bonchev–Trinajstić information content (AvgIpc) is 2.52. The standard InChI is InChI=1S/C18H22Cl2N2O2/c1-12-5-3-6-14(11-12)24-18(13(2)23)22-10-9-21-17-15(19)7-4-8-16(17)20/h3-8,11,13,18,21-23H,9-10H2,1-2H3.